The maximum atomic E-state index is 5.59. The second-order valence-corrected chi connectivity index (χ2v) is 4.32. The molecule has 0 aliphatic heterocycles. The van der Waals surface area contributed by atoms with Gasteiger partial charge >= 0.3 is 0 Å². The predicted octanol–water partition coefficient (Wildman–Crippen LogP) is 3.93. The van der Waals surface area contributed by atoms with Crippen LogP contribution in [0.3, 0.4) is 0 Å². The lowest BCUT2D eigenvalue weighted by atomic mass is 10.0. The summed E-state index contributed by atoms with van der Waals surface area (Å²) in [6, 6.07) is 8.98. The molecule has 96 valence electrons. The summed E-state index contributed by atoms with van der Waals surface area (Å²) < 4.78 is 5.59. The van der Waals surface area contributed by atoms with E-state index >= 15 is 0 Å². The lowest BCUT2D eigenvalue weighted by molar-refractivity contribution is 0.317. The Balaban J connectivity index is 2.63. The predicted molar refractivity (Wildman–Crippen MR) is 73.6 cm³/mol. The Morgan fingerprint density at radius 1 is 1.06 bits per heavy atom. The van der Waals surface area contributed by atoms with Gasteiger partial charge in [-0.2, -0.15) is 0 Å². The fraction of sp³-hybridized carbons (Fsp3) is 0.600. The molecule has 1 N–H and O–H groups in total. The first-order chi connectivity index (χ1) is 8.31. The Labute approximate surface area is 105 Å². The Bertz CT molecular complexity index is 288. The van der Waals surface area contributed by atoms with Gasteiger partial charge in [0.1, 0.15) is 5.75 Å². The summed E-state index contributed by atoms with van der Waals surface area (Å²) in [5, 5.41) is 3.52. The van der Waals surface area contributed by atoms with Crippen LogP contribution >= 0.6 is 0 Å². The summed E-state index contributed by atoms with van der Waals surface area (Å²) in [4.78, 5) is 0. The van der Waals surface area contributed by atoms with Crippen LogP contribution in [0, 0.1) is 0 Å². The molecule has 1 aromatic rings. The number of hydrogen-bond acceptors (Lipinski definition) is 2. The van der Waals surface area contributed by atoms with Crippen molar-refractivity contribution in [3.63, 3.8) is 0 Å². The fourth-order valence-electron chi connectivity index (χ4n) is 1.94. The normalized spacial score (nSPS) is 12.4. The average molecular weight is 235 g/mol. The van der Waals surface area contributed by atoms with Gasteiger partial charge in [-0.3, -0.25) is 0 Å². The summed E-state index contributed by atoms with van der Waals surface area (Å²) >= 11 is 0. The maximum absolute atomic E-state index is 5.59. The van der Waals surface area contributed by atoms with Crippen LogP contribution in [0.1, 0.15) is 51.6 Å². The van der Waals surface area contributed by atoms with E-state index in [-0.39, 0.29) is 0 Å². The van der Waals surface area contributed by atoms with Crippen molar-refractivity contribution in [1.29, 1.82) is 0 Å². The lowest BCUT2D eigenvalue weighted by Gasteiger charge is -2.18. The van der Waals surface area contributed by atoms with Crippen LogP contribution in [0.5, 0.6) is 5.75 Å². The van der Waals surface area contributed by atoms with Crippen molar-refractivity contribution in [3.8, 4) is 5.75 Å². The van der Waals surface area contributed by atoms with E-state index in [1.165, 1.54) is 18.4 Å². The molecule has 0 heterocycles. The molecule has 1 aromatic carbocycles. The van der Waals surface area contributed by atoms with Crippen LogP contribution in [0.15, 0.2) is 24.3 Å². The first kappa shape index (κ1) is 14.0. The molecule has 0 bridgehead atoms. The highest BCUT2D eigenvalue weighted by Crippen LogP contribution is 2.21. The molecule has 2 nitrogen and oxygen atoms in total. The van der Waals surface area contributed by atoms with Crippen molar-refractivity contribution in [1.82, 2.24) is 5.32 Å². The number of benzene rings is 1. The topological polar surface area (TPSA) is 21.3 Å². The zero-order valence-corrected chi connectivity index (χ0v) is 11.3. The molecule has 1 rings (SSSR count). The molecule has 0 fully saturated rings. The molecule has 0 aliphatic carbocycles. The van der Waals surface area contributed by atoms with Gasteiger partial charge in [-0.1, -0.05) is 39.3 Å². The Morgan fingerprint density at radius 2 is 1.76 bits per heavy atom. The summed E-state index contributed by atoms with van der Waals surface area (Å²) in [5.41, 5.74) is 1.36. The minimum atomic E-state index is 0.477. The highest BCUT2D eigenvalue weighted by molar-refractivity contribution is 5.29. The highest BCUT2D eigenvalue weighted by Gasteiger charge is 2.08. The van der Waals surface area contributed by atoms with Crippen molar-refractivity contribution >= 4 is 0 Å². The third-order valence-electron chi connectivity index (χ3n) is 2.78. The largest absolute Gasteiger partial charge is 0.494 e. The van der Waals surface area contributed by atoms with Crippen molar-refractivity contribution in [2.24, 2.45) is 0 Å². The highest BCUT2D eigenvalue weighted by atomic mass is 16.5. The summed E-state index contributed by atoms with van der Waals surface area (Å²) in [7, 11) is 0. The number of rotatable bonds is 8. The Morgan fingerprint density at radius 3 is 2.29 bits per heavy atom. The van der Waals surface area contributed by atoms with Gasteiger partial charge in [-0.05, 0) is 37.1 Å². The van der Waals surface area contributed by atoms with Crippen LogP contribution in [0.25, 0.3) is 0 Å². The zero-order valence-electron chi connectivity index (χ0n) is 11.3. The van der Waals surface area contributed by atoms with Gasteiger partial charge in [0.05, 0.1) is 6.61 Å². The third kappa shape index (κ3) is 4.78. The van der Waals surface area contributed by atoms with Gasteiger partial charge in [-0.25, -0.2) is 0 Å². The molecule has 0 aromatic heterocycles. The molecule has 0 spiro atoms. The van der Waals surface area contributed by atoms with E-state index in [9.17, 15) is 0 Å². The van der Waals surface area contributed by atoms with Crippen molar-refractivity contribution in [2.45, 2.75) is 46.1 Å². The summed E-state index contributed by atoms with van der Waals surface area (Å²) in [6.45, 7) is 8.31. The van der Waals surface area contributed by atoms with E-state index in [2.05, 4.69) is 50.4 Å². The van der Waals surface area contributed by atoms with Crippen LogP contribution in [0.2, 0.25) is 0 Å². The van der Waals surface area contributed by atoms with Crippen molar-refractivity contribution < 1.29 is 4.74 Å². The Kier molecular flexibility index (Phi) is 6.71. The van der Waals surface area contributed by atoms with Crippen LogP contribution in [-0.2, 0) is 0 Å². The van der Waals surface area contributed by atoms with Gasteiger partial charge < -0.3 is 10.1 Å². The lowest BCUT2D eigenvalue weighted by Crippen LogP contribution is -2.20. The SMILES string of the molecule is CCCOc1ccc(C(CCC)NCC)cc1. The third-order valence-corrected chi connectivity index (χ3v) is 2.78. The van der Waals surface area contributed by atoms with E-state index in [0.717, 1.165) is 25.3 Å². The quantitative estimate of drug-likeness (QED) is 0.737. The van der Waals surface area contributed by atoms with Gasteiger partial charge in [-0.15, -0.1) is 0 Å². The number of nitrogens with one attached hydrogen (secondary N) is 1. The number of hydrogen-bond donors (Lipinski definition) is 1. The molecule has 0 saturated carbocycles. The zero-order chi connectivity index (χ0) is 12.5. The minimum absolute atomic E-state index is 0.477. The molecular weight excluding hydrogens is 210 g/mol. The molecule has 0 radical (unpaired) electrons. The second kappa shape index (κ2) is 8.13. The molecular formula is C15H25NO. The first-order valence-corrected chi connectivity index (χ1v) is 6.77. The second-order valence-electron chi connectivity index (χ2n) is 4.32. The molecule has 0 aliphatic rings. The van der Waals surface area contributed by atoms with E-state index in [0.29, 0.717) is 6.04 Å². The minimum Gasteiger partial charge on any atom is -0.494 e. The van der Waals surface area contributed by atoms with E-state index in [1.807, 2.05) is 0 Å². The average Bonchev–Trinajstić information content (AvgIpc) is 2.37. The van der Waals surface area contributed by atoms with E-state index in [1.54, 1.807) is 0 Å². The van der Waals surface area contributed by atoms with Gasteiger partial charge in [0.25, 0.3) is 0 Å². The molecule has 17 heavy (non-hydrogen) atoms. The van der Waals surface area contributed by atoms with Crippen LogP contribution < -0.4 is 10.1 Å². The smallest absolute Gasteiger partial charge is 0.119 e. The first-order valence-electron chi connectivity index (χ1n) is 6.77. The molecule has 2 heteroatoms. The van der Waals surface area contributed by atoms with Crippen molar-refractivity contribution in [2.75, 3.05) is 13.2 Å². The molecule has 1 unspecified atom stereocenters. The van der Waals surface area contributed by atoms with Crippen molar-refractivity contribution in [3.05, 3.63) is 29.8 Å². The van der Waals surface area contributed by atoms with E-state index < -0.39 is 0 Å². The summed E-state index contributed by atoms with van der Waals surface area (Å²) in [6.07, 6.45) is 3.44. The molecule has 1 atom stereocenters. The molecule has 0 saturated heterocycles. The van der Waals surface area contributed by atoms with E-state index in [4.69, 9.17) is 4.74 Å². The summed E-state index contributed by atoms with van der Waals surface area (Å²) in [5.74, 6) is 0.974. The van der Waals surface area contributed by atoms with Gasteiger partial charge in [0, 0.05) is 6.04 Å². The van der Waals surface area contributed by atoms with Gasteiger partial charge in [0.15, 0.2) is 0 Å². The maximum Gasteiger partial charge on any atom is 0.119 e. The number of ether oxygens (including phenoxy) is 1. The fourth-order valence-corrected chi connectivity index (χ4v) is 1.94. The Hall–Kier alpha value is -1.02. The monoisotopic (exact) mass is 235 g/mol. The molecule has 0 amide bonds. The standard InChI is InChI=1S/C15H25NO/c1-4-7-15(16-6-3)13-8-10-14(11-9-13)17-12-5-2/h8-11,15-16H,4-7,12H2,1-3H3. The van der Waals surface area contributed by atoms with Gasteiger partial charge in [0.2, 0.25) is 0 Å². The van der Waals surface area contributed by atoms with Crippen LogP contribution in [-0.4, -0.2) is 13.2 Å². The van der Waals surface area contributed by atoms with Crippen LogP contribution in [0.4, 0.5) is 0 Å².